The number of halogens is 1. The maximum atomic E-state index is 14.8. The van der Waals surface area contributed by atoms with Crippen molar-refractivity contribution >= 4 is 11.9 Å². The summed E-state index contributed by atoms with van der Waals surface area (Å²) in [5.41, 5.74) is -0.715. The van der Waals surface area contributed by atoms with E-state index in [9.17, 15) is 14.0 Å². The first-order valence-corrected chi connectivity index (χ1v) is 9.53. The molecule has 0 amide bonds. The fourth-order valence-corrected chi connectivity index (χ4v) is 2.85. The van der Waals surface area contributed by atoms with Crippen LogP contribution in [0.15, 0.2) is 42.5 Å². The predicted octanol–water partition coefficient (Wildman–Crippen LogP) is 2.72. The van der Waals surface area contributed by atoms with Crippen LogP contribution in [-0.4, -0.2) is 50.0 Å². The topological polar surface area (TPSA) is 73.9 Å². The van der Waals surface area contributed by atoms with E-state index in [1.165, 1.54) is 0 Å². The number of benzene rings is 1. The number of carbonyl (C=O) groups excluding carboxylic acids is 2. The molecule has 1 N–H and O–H groups in total. The molecule has 2 rings (SSSR count). The monoisotopic (exact) mass is 393 g/mol. The lowest BCUT2D eigenvalue weighted by molar-refractivity contribution is -0.147. The van der Waals surface area contributed by atoms with Crippen molar-refractivity contribution in [1.29, 1.82) is 0 Å². The minimum Gasteiger partial charge on any atom is -0.466 e. The van der Waals surface area contributed by atoms with Gasteiger partial charge < -0.3 is 19.5 Å². The van der Waals surface area contributed by atoms with Gasteiger partial charge in [-0.2, -0.15) is 0 Å². The van der Waals surface area contributed by atoms with Gasteiger partial charge in [-0.15, -0.1) is 0 Å². The third-order valence-electron chi connectivity index (χ3n) is 4.31. The van der Waals surface area contributed by atoms with Crippen LogP contribution in [0.3, 0.4) is 0 Å². The molecule has 6 nitrogen and oxygen atoms in total. The van der Waals surface area contributed by atoms with Gasteiger partial charge in [0.2, 0.25) is 0 Å². The van der Waals surface area contributed by atoms with Gasteiger partial charge in [-0.25, -0.2) is 4.39 Å². The van der Waals surface area contributed by atoms with Crippen molar-refractivity contribution in [3.8, 4) is 0 Å². The Kier molecular flexibility index (Phi) is 9.10. The number of rotatable bonds is 11. The van der Waals surface area contributed by atoms with Gasteiger partial charge in [0.1, 0.15) is 18.3 Å². The molecule has 0 saturated carbocycles. The van der Waals surface area contributed by atoms with E-state index in [4.69, 9.17) is 14.2 Å². The van der Waals surface area contributed by atoms with E-state index >= 15 is 0 Å². The Hall–Kier alpha value is -2.25. The summed E-state index contributed by atoms with van der Waals surface area (Å²) in [5.74, 6) is -0.694. The van der Waals surface area contributed by atoms with E-state index in [1.54, 1.807) is 19.1 Å². The molecular formula is C21H28FNO5. The fraction of sp³-hybridized carbons (Fsp3) is 0.524. The first kappa shape index (κ1) is 22.0. The van der Waals surface area contributed by atoms with Gasteiger partial charge in [-0.05, 0) is 18.9 Å². The zero-order chi connectivity index (χ0) is 20.2. The molecule has 0 aromatic heterocycles. The Morgan fingerprint density at radius 1 is 1.25 bits per heavy atom. The van der Waals surface area contributed by atoms with Crippen LogP contribution < -0.4 is 5.32 Å². The van der Waals surface area contributed by atoms with Crippen LogP contribution in [-0.2, 0) is 30.4 Å². The van der Waals surface area contributed by atoms with E-state index in [0.29, 0.717) is 19.4 Å². The molecule has 7 heteroatoms. The van der Waals surface area contributed by atoms with Crippen LogP contribution in [0.25, 0.3) is 0 Å². The van der Waals surface area contributed by atoms with E-state index in [-0.39, 0.29) is 38.8 Å². The van der Waals surface area contributed by atoms with Crippen LogP contribution in [0.1, 0.15) is 31.7 Å². The molecule has 1 saturated heterocycles. The summed E-state index contributed by atoms with van der Waals surface area (Å²) in [6, 6.07) is 8.68. The highest BCUT2D eigenvalue weighted by atomic mass is 19.1. The number of carbonyl (C=O) groups is 2. The molecule has 0 radical (unpaired) electrons. The Bertz CT molecular complexity index is 651. The Morgan fingerprint density at radius 2 is 2.04 bits per heavy atom. The standard InChI is InChI=1S/C21H28FNO5/c1-2-27-19(24)11-7-4-8-12-26-16-21(22)13-18(23-15-21)20(25)28-14-17-9-5-3-6-10-17/h3-6,8-10,18,23H,2,7,11-16H2,1H3/b8-4+/t18-,21+/m0/s1. The maximum Gasteiger partial charge on any atom is 0.323 e. The van der Waals surface area contributed by atoms with Crippen LogP contribution in [0.5, 0.6) is 0 Å². The molecule has 0 spiro atoms. The molecule has 28 heavy (non-hydrogen) atoms. The van der Waals surface area contributed by atoms with E-state index in [2.05, 4.69) is 5.32 Å². The molecule has 1 aliphatic heterocycles. The summed E-state index contributed by atoms with van der Waals surface area (Å²) in [6.45, 7) is 2.50. The van der Waals surface area contributed by atoms with Crippen molar-refractivity contribution in [3.05, 3.63) is 48.0 Å². The molecule has 1 aromatic carbocycles. The van der Waals surface area contributed by atoms with Crippen molar-refractivity contribution in [1.82, 2.24) is 5.32 Å². The van der Waals surface area contributed by atoms with Gasteiger partial charge in [-0.1, -0.05) is 42.5 Å². The normalized spacial score (nSPS) is 21.7. The molecule has 1 fully saturated rings. The average Bonchev–Trinajstić information content (AvgIpc) is 3.09. The molecule has 1 aromatic rings. The van der Waals surface area contributed by atoms with Crippen LogP contribution in [0.2, 0.25) is 0 Å². The first-order chi connectivity index (χ1) is 13.5. The highest BCUT2D eigenvalue weighted by Gasteiger charge is 2.43. The summed E-state index contributed by atoms with van der Waals surface area (Å²) in [4.78, 5) is 23.3. The number of alkyl halides is 1. The summed E-state index contributed by atoms with van der Waals surface area (Å²) in [5, 5.41) is 2.87. The lowest BCUT2D eigenvalue weighted by Gasteiger charge is -2.17. The number of nitrogens with one attached hydrogen (secondary N) is 1. The number of hydrogen-bond acceptors (Lipinski definition) is 6. The molecule has 0 bridgehead atoms. The van der Waals surface area contributed by atoms with Crippen molar-refractivity contribution in [2.75, 3.05) is 26.4 Å². The highest BCUT2D eigenvalue weighted by Crippen LogP contribution is 2.25. The van der Waals surface area contributed by atoms with Gasteiger partial charge in [0.25, 0.3) is 0 Å². The zero-order valence-corrected chi connectivity index (χ0v) is 16.2. The van der Waals surface area contributed by atoms with Crippen LogP contribution in [0.4, 0.5) is 4.39 Å². The highest BCUT2D eigenvalue weighted by molar-refractivity contribution is 5.76. The summed E-state index contributed by atoms with van der Waals surface area (Å²) >= 11 is 0. The third-order valence-corrected chi connectivity index (χ3v) is 4.31. The minimum absolute atomic E-state index is 0.0210. The zero-order valence-electron chi connectivity index (χ0n) is 16.2. The van der Waals surface area contributed by atoms with E-state index in [0.717, 1.165) is 5.56 Å². The Labute approximate surface area is 165 Å². The summed E-state index contributed by atoms with van der Waals surface area (Å²) in [6.07, 6.45) is 4.44. The molecular weight excluding hydrogens is 365 g/mol. The van der Waals surface area contributed by atoms with Crippen molar-refractivity contribution < 1.29 is 28.2 Å². The van der Waals surface area contributed by atoms with Crippen molar-refractivity contribution in [3.63, 3.8) is 0 Å². The van der Waals surface area contributed by atoms with Gasteiger partial charge in [-0.3, -0.25) is 9.59 Å². The number of ether oxygens (including phenoxy) is 3. The predicted molar refractivity (Wildman–Crippen MR) is 102 cm³/mol. The SMILES string of the molecule is CCOC(=O)CC/C=C/COC[C@]1(F)CN[C@H](C(=O)OCc2ccccc2)C1. The largest absolute Gasteiger partial charge is 0.466 e. The summed E-state index contributed by atoms with van der Waals surface area (Å²) < 4.78 is 30.2. The molecule has 0 unspecified atom stereocenters. The molecule has 1 aliphatic rings. The summed E-state index contributed by atoms with van der Waals surface area (Å²) in [7, 11) is 0. The average molecular weight is 393 g/mol. The lowest BCUT2D eigenvalue weighted by Crippen LogP contribution is -2.32. The Morgan fingerprint density at radius 3 is 2.79 bits per heavy atom. The fourth-order valence-electron chi connectivity index (χ4n) is 2.85. The molecule has 0 aliphatic carbocycles. The van der Waals surface area contributed by atoms with E-state index in [1.807, 2.05) is 30.3 Å². The smallest absolute Gasteiger partial charge is 0.323 e. The number of hydrogen-bond donors (Lipinski definition) is 1. The van der Waals surface area contributed by atoms with Crippen molar-refractivity contribution in [2.45, 2.75) is 44.5 Å². The number of allylic oxidation sites excluding steroid dienone is 1. The molecule has 1 heterocycles. The van der Waals surface area contributed by atoms with E-state index < -0.39 is 17.7 Å². The van der Waals surface area contributed by atoms with Gasteiger partial charge in [0.05, 0.1) is 19.8 Å². The molecule has 154 valence electrons. The van der Waals surface area contributed by atoms with Gasteiger partial charge in [0, 0.05) is 19.4 Å². The van der Waals surface area contributed by atoms with Crippen LogP contribution >= 0.6 is 0 Å². The third kappa shape index (κ3) is 7.78. The maximum absolute atomic E-state index is 14.8. The van der Waals surface area contributed by atoms with Gasteiger partial charge >= 0.3 is 11.9 Å². The van der Waals surface area contributed by atoms with Gasteiger partial charge in [0.15, 0.2) is 0 Å². The second-order valence-corrected chi connectivity index (χ2v) is 6.71. The van der Waals surface area contributed by atoms with Crippen molar-refractivity contribution in [2.24, 2.45) is 0 Å². The second-order valence-electron chi connectivity index (χ2n) is 6.71. The second kappa shape index (κ2) is 11.6. The Balaban J connectivity index is 1.61. The quantitative estimate of drug-likeness (QED) is 0.354. The molecule has 2 atom stereocenters. The lowest BCUT2D eigenvalue weighted by atomic mass is 10.0. The number of esters is 2. The first-order valence-electron chi connectivity index (χ1n) is 9.53. The minimum atomic E-state index is -1.60. The van der Waals surface area contributed by atoms with Crippen LogP contribution in [0, 0.1) is 0 Å².